The minimum atomic E-state index is 0.160. The predicted molar refractivity (Wildman–Crippen MR) is 107 cm³/mol. The summed E-state index contributed by atoms with van der Waals surface area (Å²) in [6, 6.07) is 7.94. The number of nitrogens with zero attached hydrogens (tertiary/aromatic N) is 5. The van der Waals surface area contributed by atoms with E-state index in [1.54, 1.807) is 13.3 Å². The molecule has 3 rings (SSSR count). The Kier molecular flexibility index (Phi) is 5.78. The number of anilines is 2. The van der Waals surface area contributed by atoms with Gasteiger partial charge < -0.3 is 19.4 Å². The van der Waals surface area contributed by atoms with Crippen LogP contribution in [0.2, 0.25) is 0 Å². The number of amides is 1. The first-order valence-corrected chi connectivity index (χ1v) is 9.14. The third-order valence-corrected chi connectivity index (χ3v) is 4.91. The molecule has 1 aromatic carbocycles. The van der Waals surface area contributed by atoms with E-state index in [0.717, 1.165) is 41.5 Å². The van der Waals surface area contributed by atoms with Crippen molar-refractivity contribution < 1.29 is 9.53 Å². The van der Waals surface area contributed by atoms with Crippen LogP contribution in [0.4, 0.5) is 11.5 Å². The Morgan fingerprint density at radius 3 is 2.56 bits per heavy atom. The van der Waals surface area contributed by atoms with Crippen molar-refractivity contribution in [1.29, 1.82) is 0 Å². The highest BCUT2D eigenvalue weighted by Crippen LogP contribution is 2.21. The number of hydrogen-bond donors (Lipinski definition) is 0. The number of carbonyl (C=O) groups is 1. The summed E-state index contributed by atoms with van der Waals surface area (Å²) in [6.07, 6.45) is 2.17. The SMILES string of the molecule is COc1ccc(CC(=O)N2CCN(c3cc(N(C)C)cnn3)CC2)cc1C. The summed E-state index contributed by atoms with van der Waals surface area (Å²) in [5.74, 6) is 1.87. The zero-order valence-electron chi connectivity index (χ0n) is 16.5. The zero-order chi connectivity index (χ0) is 19.4. The van der Waals surface area contributed by atoms with Crippen LogP contribution in [0.25, 0.3) is 0 Å². The Morgan fingerprint density at radius 2 is 1.93 bits per heavy atom. The number of carbonyl (C=O) groups excluding carboxylic acids is 1. The van der Waals surface area contributed by atoms with Crippen molar-refractivity contribution in [3.05, 3.63) is 41.6 Å². The largest absolute Gasteiger partial charge is 0.496 e. The Labute approximate surface area is 160 Å². The second-order valence-electron chi connectivity index (χ2n) is 7.01. The average molecular weight is 369 g/mol. The molecule has 144 valence electrons. The average Bonchev–Trinajstić information content (AvgIpc) is 2.68. The van der Waals surface area contributed by atoms with Crippen molar-refractivity contribution in [1.82, 2.24) is 15.1 Å². The predicted octanol–water partition coefficient (Wildman–Crippen LogP) is 1.75. The van der Waals surface area contributed by atoms with Gasteiger partial charge in [-0.25, -0.2) is 0 Å². The minimum Gasteiger partial charge on any atom is -0.496 e. The molecule has 2 aromatic rings. The van der Waals surface area contributed by atoms with Crippen LogP contribution in [-0.4, -0.2) is 68.4 Å². The molecule has 1 amide bonds. The van der Waals surface area contributed by atoms with Gasteiger partial charge in [-0.15, -0.1) is 5.10 Å². The number of ether oxygens (including phenoxy) is 1. The second kappa shape index (κ2) is 8.24. The highest BCUT2D eigenvalue weighted by Gasteiger charge is 2.22. The normalized spacial score (nSPS) is 14.2. The third kappa shape index (κ3) is 4.48. The summed E-state index contributed by atoms with van der Waals surface area (Å²) in [4.78, 5) is 18.8. The van der Waals surface area contributed by atoms with Gasteiger partial charge in [0, 0.05) is 46.3 Å². The number of benzene rings is 1. The van der Waals surface area contributed by atoms with Crippen LogP contribution in [0, 0.1) is 6.92 Å². The highest BCUT2D eigenvalue weighted by molar-refractivity contribution is 5.79. The lowest BCUT2D eigenvalue weighted by Crippen LogP contribution is -2.49. The van der Waals surface area contributed by atoms with Gasteiger partial charge in [-0.1, -0.05) is 12.1 Å². The van der Waals surface area contributed by atoms with Crippen LogP contribution in [0.15, 0.2) is 30.5 Å². The molecule has 1 aromatic heterocycles. The molecular weight excluding hydrogens is 342 g/mol. The second-order valence-corrected chi connectivity index (χ2v) is 7.01. The lowest BCUT2D eigenvalue weighted by atomic mass is 10.1. The first-order valence-electron chi connectivity index (χ1n) is 9.14. The van der Waals surface area contributed by atoms with Crippen LogP contribution in [-0.2, 0) is 11.2 Å². The molecule has 7 heteroatoms. The summed E-state index contributed by atoms with van der Waals surface area (Å²) in [5.41, 5.74) is 3.09. The molecule has 2 heterocycles. The van der Waals surface area contributed by atoms with E-state index >= 15 is 0 Å². The number of piperazine rings is 1. The van der Waals surface area contributed by atoms with Gasteiger partial charge in [-0.2, -0.15) is 5.10 Å². The zero-order valence-corrected chi connectivity index (χ0v) is 16.5. The summed E-state index contributed by atoms with van der Waals surface area (Å²) in [7, 11) is 5.63. The molecule has 1 aliphatic heterocycles. The van der Waals surface area contributed by atoms with Crippen LogP contribution in [0.3, 0.4) is 0 Å². The monoisotopic (exact) mass is 369 g/mol. The number of aromatic nitrogens is 2. The van der Waals surface area contributed by atoms with Gasteiger partial charge in [0.15, 0.2) is 5.82 Å². The summed E-state index contributed by atoms with van der Waals surface area (Å²) in [5, 5.41) is 8.33. The van der Waals surface area contributed by atoms with Crippen molar-refractivity contribution in [2.45, 2.75) is 13.3 Å². The van der Waals surface area contributed by atoms with E-state index in [2.05, 4.69) is 15.1 Å². The fourth-order valence-corrected chi connectivity index (χ4v) is 3.27. The number of aryl methyl sites for hydroxylation is 1. The van der Waals surface area contributed by atoms with E-state index in [9.17, 15) is 4.79 Å². The first-order chi connectivity index (χ1) is 13.0. The summed E-state index contributed by atoms with van der Waals surface area (Å²) >= 11 is 0. The van der Waals surface area contributed by atoms with Gasteiger partial charge in [0.25, 0.3) is 0 Å². The van der Waals surface area contributed by atoms with Gasteiger partial charge in [0.1, 0.15) is 5.75 Å². The van der Waals surface area contributed by atoms with Gasteiger partial charge >= 0.3 is 0 Å². The topological polar surface area (TPSA) is 61.8 Å². The maximum atomic E-state index is 12.7. The van der Waals surface area contributed by atoms with Crippen LogP contribution in [0.5, 0.6) is 5.75 Å². The molecular formula is C20H27N5O2. The number of rotatable bonds is 5. The molecule has 0 radical (unpaired) electrons. The van der Waals surface area contributed by atoms with E-state index in [1.165, 1.54) is 0 Å². The number of methoxy groups -OCH3 is 1. The lowest BCUT2D eigenvalue weighted by Gasteiger charge is -2.35. The molecule has 0 aliphatic carbocycles. The minimum absolute atomic E-state index is 0.160. The van der Waals surface area contributed by atoms with Crippen molar-refractivity contribution in [2.24, 2.45) is 0 Å². The van der Waals surface area contributed by atoms with Crippen LogP contribution in [0.1, 0.15) is 11.1 Å². The summed E-state index contributed by atoms with van der Waals surface area (Å²) < 4.78 is 5.28. The lowest BCUT2D eigenvalue weighted by molar-refractivity contribution is -0.130. The van der Waals surface area contributed by atoms with E-state index in [1.807, 2.05) is 55.1 Å². The van der Waals surface area contributed by atoms with Gasteiger partial charge in [-0.05, 0) is 24.1 Å². The van der Waals surface area contributed by atoms with Gasteiger partial charge in [0.05, 0.1) is 25.4 Å². The Morgan fingerprint density at radius 1 is 1.19 bits per heavy atom. The molecule has 0 bridgehead atoms. The van der Waals surface area contributed by atoms with E-state index in [4.69, 9.17) is 4.74 Å². The Hall–Kier alpha value is -2.83. The van der Waals surface area contributed by atoms with Crippen LogP contribution >= 0.6 is 0 Å². The smallest absolute Gasteiger partial charge is 0.227 e. The fraction of sp³-hybridized carbons (Fsp3) is 0.450. The molecule has 1 fully saturated rings. The molecule has 1 aliphatic rings. The van der Waals surface area contributed by atoms with E-state index < -0.39 is 0 Å². The fourth-order valence-electron chi connectivity index (χ4n) is 3.27. The maximum absolute atomic E-state index is 12.7. The van der Waals surface area contributed by atoms with Gasteiger partial charge in [0.2, 0.25) is 5.91 Å². The third-order valence-electron chi connectivity index (χ3n) is 4.91. The molecule has 0 N–H and O–H groups in total. The van der Waals surface area contributed by atoms with E-state index in [-0.39, 0.29) is 5.91 Å². The molecule has 0 atom stereocenters. The van der Waals surface area contributed by atoms with Crippen molar-refractivity contribution in [3.8, 4) is 5.75 Å². The Balaban J connectivity index is 1.58. The van der Waals surface area contributed by atoms with Crippen molar-refractivity contribution in [3.63, 3.8) is 0 Å². The molecule has 0 spiro atoms. The number of hydrogen-bond acceptors (Lipinski definition) is 6. The maximum Gasteiger partial charge on any atom is 0.227 e. The molecule has 1 saturated heterocycles. The van der Waals surface area contributed by atoms with Gasteiger partial charge in [-0.3, -0.25) is 4.79 Å². The van der Waals surface area contributed by atoms with Crippen molar-refractivity contribution >= 4 is 17.4 Å². The van der Waals surface area contributed by atoms with Crippen molar-refractivity contribution in [2.75, 3.05) is 57.2 Å². The molecule has 27 heavy (non-hydrogen) atoms. The van der Waals surface area contributed by atoms with Crippen LogP contribution < -0.4 is 14.5 Å². The standard InChI is InChI=1S/C20H27N5O2/c1-15-11-16(5-6-18(15)27-4)12-20(26)25-9-7-24(8-10-25)19-13-17(23(2)3)14-21-22-19/h5-6,11,13-14H,7-10,12H2,1-4H3. The summed E-state index contributed by atoms with van der Waals surface area (Å²) in [6.45, 7) is 4.91. The molecule has 0 saturated carbocycles. The highest BCUT2D eigenvalue weighted by atomic mass is 16.5. The molecule has 7 nitrogen and oxygen atoms in total. The molecule has 0 unspecified atom stereocenters. The first kappa shape index (κ1) is 18.9. The quantitative estimate of drug-likeness (QED) is 0.800. The van der Waals surface area contributed by atoms with E-state index in [0.29, 0.717) is 19.5 Å². The Bertz CT molecular complexity index is 801.